The number of esters is 1. The lowest BCUT2D eigenvalue weighted by molar-refractivity contribution is 0.0600. The standard InChI is InChI=1S/C11H7ClFNO2/c1-16-11(15)8-5-14-9-4-6(13)2-3-7(9)10(8)12/h2-5H,1H3. The van der Waals surface area contributed by atoms with E-state index in [-0.39, 0.29) is 10.6 Å². The fraction of sp³-hybridized carbons (Fsp3) is 0.0909. The van der Waals surface area contributed by atoms with Crippen LogP contribution in [-0.2, 0) is 4.74 Å². The number of methoxy groups -OCH3 is 1. The van der Waals surface area contributed by atoms with E-state index in [1.54, 1.807) is 0 Å². The van der Waals surface area contributed by atoms with E-state index < -0.39 is 11.8 Å². The molecule has 0 aliphatic rings. The fourth-order valence-electron chi connectivity index (χ4n) is 1.39. The molecule has 16 heavy (non-hydrogen) atoms. The van der Waals surface area contributed by atoms with Gasteiger partial charge in [-0.15, -0.1) is 0 Å². The predicted molar refractivity (Wildman–Crippen MR) is 58.1 cm³/mol. The Kier molecular flexibility index (Phi) is 2.75. The molecule has 0 saturated heterocycles. The Balaban J connectivity index is 2.70. The summed E-state index contributed by atoms with van der Waals surface area (Å²) in [6, 6.07) is 3.99. The zero-order valence-electron chi connectivity index (χ0n) is 8.33. The van der Waals surface area contributed by atoms with Gasteiger partial charge in [-0.3, -0.25) is 4.98 Å². The summed E-state index contributed by atoms with van der Waals surface area (Å²) < 4.78 is 17.5. The van der Waals surface area contributed by atoms with Crippen LogP contribution in [0, 0.1) is 5.82 Å². The lowest BCUT2D eigenvalue weighted by atomic mass is 10.1. The van der Waals surface area contributed by atoms with Crippen molar-refractivity contribution in [3.8, 4) is 0 Å². The van der Waals surface area contributed by atoms with E-state index in [1.165, 1.54) is 31.5 Å². The van der Waals surface area contributed by atoms with Crippen LogP contribution < -0.4 is 0 Å². The molecule has 5 heteroatoms. The van der Waals surface area contributed by atoms with Gasteiger partial charge in [-0.25, -0.2) is 9.18 Å². The zero-order valence-corrected chi connectivity index (χ0v) is 9.08. The first-order valence-corrected chi connectivity index (χ1v) is 4.83. The highest BCUT2D eigenvalue weighted by atomic mass is 35.5. The normalized spacial score (nSPS) is 10.4. The summed E-state index contributed by atoms with van der Waals surface area (Å²) >= 11 is 6.00. The van der Waals surface area contributed by atoms with Gasteiger partial charge in [0.25, 0.3) is 0 Å². The number of benzene rings is 1. The van der Waals surface area contributed by atoms with E-state index in [1.807, 2.05) is 0 Å². The fourth-order valence-corrected chi connectivity index (χ4v) is 1.67. The van der Waals surface area contributed by atoms with E-state index in [9.17, 15) is 9.18 Å². The Morgan fingerprint density at radius 1 is 1.50 bits per heavy atom. The van der Waals surface area contributed by atoms with Gasteiger partial charge in [-0.2, -0.15) is 0 Å². The third kappa shape index (κ3) is 1.72. The summed E-state index contributed by atoms with van der Waals surface area (Å²) in [7, 11) is 1.26. The number of ether oxygens (including phenoxy) is 1. The van der Waals surface area contributed by atoms with E-state index in [4.69, 9.17) is 11.6 Å². The summed E-state index contributed by atoms with van der Waals surface area (Å²) in [4.78, 5) is 15.3. The molecule has 0 aliphatic carbocycles. The van der Waals surface area contributed by atoms with Crippen LogP contribution in [0.25, 0.3) is 10.9 Å². The maximum atomic E-state index is 12.9. The highest BCUT2D eigenvalue weighted by molar-refractivity contribution is 6.38. The number of carbonyl (C=O) groups is 1. The van der Waals surface area contributed by atoms with Crippen LogP contribution in [0.5, 0.6) is 0 Å². The van der Waals surface area contributed by atoms with Crippen LogP contribution >= 0.6 is 11.6 Å². The Hall–Kier alpha value is -1.68. The van der Waals surface area contributed by atoms with E-state index in [0.29, 0.717) is 10.9 Å². The van der Waals surface area contributed by atoms with Gasteiger partial charge in [0.15, 0.2) is 0 Å². The van der Waals surface area contributed by atoms with E-state index >= 15 is 0 Å². The molecule has 1 aromatic carbocycles. The van der Waals surface area contributed by atoms with Gasteiger partial charge in [-0.1, -0.05) is 11.6 Å². The second-order valence-corrected chi connectivity index (χ2v) is 3.52. The second-order valence-electron chi connectivity index (χ2n) is 3.14. The van der Waals surface area contributed by atoms with Crippen molar-refractivity contribution in [2.45, 2.75) is 0 Å². The van der Waals surface area contributed by atoms with E-state index in [2.05, 4.69) is 9.72 Å². The maximum Gasteiger partial charge on any atom is 0.340 e. The first-order valence-electron chi connectivity index (χ1n) is 4.45. The molecule has 2 aromatic rings. The van der Waals surface area contributed by atoms with Crippen LogP contribution in [0.3, 0.4) is 0 Å². The minimum Gasteiger partial charge on any atom is -0.465 e. The molecule has 0 bridgehead atoms. The van der Waals surface area contributed by atoms with Gasteiger partial charge in [0.1, 0.15) is 5.82 Å². The van der Waals surface area contributed by atoms with Crippen LogP contribution in [0.4, 0.5) is 4.39 Å². The second kappa shape index (κ2) is 4.06. The average molecular weight is 240 g/mol. The zero-order chi connectivity index (χ0) is 11.7. The van der Waals surface area contributed by atoms with Crippen molar-refractivity contribution in [3.05, 3.63) is 40.8 Å². The number of hydrogen-bond donors (Lipinski definition) is 0. The molecule has 0 aliphatic heterocycles. The molecule has 0 radical (unpaired) electrons. The van der Waals surface area contributed by atoms with Crippen molar-refractivity contribution >= 4 is 28.5 Å². The first kappa shape index (κ1) is 10.8. The quantitative estimate of drug-likeness (QED) is 0.719. The summed E-state index contributed by atoms with van der Waals surface area (Å²) in [5.41, 5.74) is 0.570. The van der Waals surface area contributed by atoms with Crippen LogP contribution in [0.15, 0.2) is 24.4 Å². The highest BCUT2D eigenvalue weighted by Gasteiger charge is 2.14. The van der Waals surface area contributed by atoms with Gasteiger partial charge >= 0.3 is 5.97 Å². The van der Waals surface area contributed by atoms with Crippen molar-refractivity contribution in [3.63, 3.8) is 0 Å². The summed E-state index contributed by atoms with van der Waals surface area (Å²) in [6.45, 7) is 0. The number of carbonyl (C=O) groups excluding carboxylic acids is 1. The molecule has 1 heterocycles. The molecule has 1 aromatic heterocycles. The maximum absolute atomic E-state index is 12.9. The highest BCUT2D eigenvalue weighted by Crippen LogP contribution is 2.26. The predicted octanol–water partition coefficient (Wildman–Crippen LogP) is 2.81. The Bertz CT molecular complexity index is 571. The first-order chi connectivity index (χ1) is 7.63. The Morgan fingerprint density at radius 2 is 2.25 bits per heavy atom. The lowest BCUT2D eigenvalue weighted by Crippen LogP contribution is -2.03. The molecular formula is C11H7ClFNO2. The van der Waals surface area contributed by atoms with Crippen molar-refractivity contribution < 1.29 is 13.9 Å². The van der Waals surface area contributed by atoms with Crippen molar-refractivity contribution in [2.75, 3.05) is 7.11 Å². The smallest absolute Gasteiger partial charge is 0.340 e. The Morgan fingerprint density at radius 3 is 2.94 bits per heavy atom. The molecule has 0 saturated carbocycles. The molecule has 0 unspecified atom stereocenters. The topological polar surface area (TPSA) is 39.2 Å². The average Bonchev–Trinajstić information content (AvgIpc) is 2.28. The van der Waals surface area contributed by atoms with Gasteiger partial charge < -0.3 is 4.74 Å². The summed E-state index contributed by atoms with van der Waals surface area (Å²) in [5, 5.41) is 0.739. The van der Waals surface area contributed by atoms with Crippen molar-refractivity contribution in [1.82, 2.24) is 4.98 Å². The molecule has 3 nitrogen and oxygen atoms in total. The Labute approximate surface area is 95.8 Å². The molecule has 82 valence electrons. The number of pyridine rings is 1. The minimum absolute atomic E-state index is 0.170. The lowest BCUT2D eigenvalue weighted by Gasteiger charge is -2.05. The van der Waals surface area contributed by atoms with Crippen LogP contribution in [-0.4, -0.2) is 18.1 Å². The summed E-state index contributed by atoms with van der Waals surface area (Å²) in [6.07, 6.45) is 1.27. The molecular weight excluding hydrogens is 233 g/mol. The molecule has 2 rings (SSSR count). The minimum atomic E-state index is -0.566. The van der Waals surface area contributed by atoms with Gasteiger partial charge in [0.05, 0.1) is 23.2 Å². The van der Waals surface area contributed by atoms with Gasteiger partial charge in [0, 0.05) is 17.6 Å². The number of nitrogens with zero attached hydrogens (tertiary/aromatic N) is 1. The molecule has 0 amide bonds. The van der Waals surface area contributed by atoms with Crippen molar-refractivity contribution in [2.24, 2.45) is 0 Å². The molecule has 0 spiro atoms. The van der Waals surface area contributed by atoms with Crippen molar-refractivity contribution in [1.29, 1.82) is 0 Å². The third-order valence-electron chi connectivity index (χ3n) is 2.17. The number of fused-ring (bicyclic) bond motifs is 1. The number of halogens is 2. The van der Waals surface area contributed by atoms with Gasteiger partial charge in [-0.05, 0) is 12.1 Å². The third-order valence-corrected chi connectivity index (χ3v) is 2.58. The molecule has 0 fully saturated rings. The van der Waals surface area contributed by atoms with E-state index in [0.717, 1.165) is 0 Å². The van der Waals surface area contributed by atoms with Crippen LogP contribution in [0.1, 0.15) is 10.4 Å². The largest absolute Gasteiger partial charge is 0.465 e. The van der Waals surface area contributed by atoms with Gasteiger partial charge in [0.2, 0.25) is 0 Å². The summed E-state index contributed by atoms with van der Waals surface area (Å²) in [5.74, 6) is -0.967. The monoisotopic (exact) mass is 239 g/mol. The molecule has 0 atom stereocenters. The number of hydrogen-bond acceptors (Lipinski definition) is 3. The number of aromatic nitrogens is 1. The van der Waals surface area contributed by atoms with Crippen LogP contribution in [0.2, 0.25) is 5.02 Å². The SMILES string of the molecule is COC(=O)c1cnc2cc(F)ccc2c1Cl. The molecule has 0 N–H and O–H groups in total. The number of rotatable bonds is 1.